The van der Waals surface area contributed by atoms with Gasteiger partial charge in [-0.15, -0.1) is 0 Å². The van der Waals surface area contributed by atoms with Gasteiger partial charge >= 0.3 is 6.03 Å². The van der Waals surface area contributed by atoms with Crippen molar-refractivity contribution in [3.8, 4) is 11.8 Å². The van der Waals surface area contributed by atoms with E-state index < -0.39 is 28.9 Å². The second-order valence-electron chi connectivity index (χ2n) is 7.72. The van der Waals surface area contributed by atoms with Crippen LogP contribution in [0.5, 0.6) is 0 Å². The van der Waals surface area contributed by atoms with Crippen molar-refractivity contribution in [3.63, 3.8) is 0 Å². The fraction of sp³-hybridized carbons (Fsp3) is 0.381. The molecule has 0 saturated heterocycles. The maximum Gasteiger partial charge on any atom is 0.320 e. The van der Waals surface area contributed by atoms with Crippen LogP contribution in [0.25, 0.3) is 0 Å². The second kappa shape index (κ2) is 6.90. The first-order valence-electron chi connectivity index (χ1n) is 9.46. The maximum absolute atomic E-state index is 15.0. The average molecular weight is 416 g/mol. The van der Waals surface area contributed by atoms with Crippen molar-refractivity contribution in [2.24, 2.45) is 5.92 Å². The summed E-state index contributed by atoms with van der Waals surface area (Å²) in [4.78, 5) is 24.2. The van der Waals surface area contributed by atoms with Crippen molar-refractivity contribution in [1.82, 2.24) is 15.1 Å². The van der Waals surface area contributed by atoms with Gasteiger partial charge in [0.05, 0.1) is 12.2 Å². The third kappa shape index (κ3) is 3.54. The third-order valence-electron chi connectivity index (χ3n) is 5.16. The molecule has 156 valence electrons. The molecular formula is C21H19F3N4O2. The molecule has 9 heteroatoms. The number of halogens is 3. The van der Waals surface area contributed by atoms with E-state index in [9.17, 15) is 22.8 Å². The summed E-state index contributed by atoms with van der Waals surface area (Å²) in [7, 11) is 0. The van der Waals surface area contributed by atoms with Crippen LogP contribution in [0.1, 0.15) is 36.6 Å². The Kier molecular flexibility index (Phi) is 4.60. The van der Waals surface area contributed by atoms with Gasteiger partial charge in [0, 0.05) is 35.7 Å². The van der Waals surface area contributed by atoms with Crippen LogP contribution in [0.15, 0.2) is 29.1 Å². The lowest BCUT2D eigenvalue weighted by Crippen LogP contribution is -2.59. The Morgan fingerprint density at radius 3 is 2.70 bits per heavy atom. The first-order chi connectivity index (χ1) is 14.1. The van der Waals surface area contributed by atoms with E-state index in [1.54, 1.807) is 6.92 Å². The van der Waals surface area contributed by atoms with E-state index in [-0.39, 0.29) is 29.3 Å². The number of carbonyl (C=O) groups is 1. The van der Waals surface area contributed by atoms with Gasteiger partial charge in [0.25, 0.3) is 11.5 Å². The number of rotatable bonds is 3. The van der Waals surface area contributed by atoms with Crippen molar-refractivity contribution in [3.05, 3.63) is 57.3 Å². The number of hydrogen-bond donors (Lipinski definition) is 2. The summed E-state index contributed by atoms with van der Waals surface area (Å²) >= 11 is 0. The monoisotopic (exact) mass is 416 g/mol. The molecule has 1 saturated carbocycles. The van der Waals surface area contributed by atoms with Crippen molar-refractivity contribution < 1.29 is 18.0 Å². The Morgan fingerprint density at radius 1 is 1.30 bits per heavy atom. The largest absolute Gasteiger partial charge is 0.320 e. The van der Waals surface area contributed by atoms with Crippen LogP contribution in [-0.4, -0.2) is 21.7 Å². The minimum absolute atomic E-state index is 0.00264. The lowest BCUT2D eigenvalue weighted by atomic mass is 9.81. The van der Waals surface area contributed by atoms with Gasteiger partial charge in [-0.1, -0.05) is 11.8 Å². The summed E-state index contributed by atoms with van der Waals surface area (Å²) in [5.41, 5.74) is -2.35. The molecule has 2 amide bonds. The summed E-state index contributed by atoms with van der Waals surface area (Å²) in [6, 6.07) is 4.17. The molecule has 4 rings (SSSR count). The van der Waals surface area contributed by atoms with Gasteiger partial charge < -0.3 is 10.6 Å². The van der Waals surface area contributed by atoms with Crippen LogP contribution >= 0.6 is 0 Å². The highest BCUT2D eigenvalue weighted by molar-refractivity contribution is 5.95. The molecule has 1 aliphatic carbocycles. The zero-order valence-corrected chi connectivity index (χ0v) is 16.4. The summed E-state index contributed by atoms with van der Waals surface area (Å²) in [5.74, 6) is 1.02. The molecule has 0 bridgehead atoms. The number of aromatic nitrogens is 2. The molecule has 1 aliphatic heterocycles. The molecule has 1 atom stereocenters. The quantitative estimate of drug-likeness (QED) is 0.755. The van der Waals surface area contributed by atoms with Crippen molar-refractivity contribution in [2.75, 3.05) is 5.32 Å². The topological polar surface area (TPSA) is 76.0 Å². The summed E-state index contributed by atoms with van der Waals surface area (Å²) in [6.45, 7) is 2.11. The highest BCUT2D eigenvalue weighted by Crippen LogP contribution is 2.44. The highest BCUT2D eigenvalue weighted by Gasteiger charge is 2.55. The number of nitrogens with one attached hydrogen (secondary N) is 2. The number of aryl methyl sites for hydroxylation is 1. The number of hydrogen-bond acceptors (Lipinski definition) is 3. The fourth-order valence-electron chi connectivity index (χ4n) is 3.36. The lowest BCUT2D eigenvalue weighted by molar-refractivity contribution is -0.0465. The Balaban J connectivity index is 1.84. The number of anilines is 1. The van der Waals surface area contributed by atoms with Gasteiger partial charge in [0.1, 0.15) is 5.82 Å². The van der Waals surface area contributed by atoms with Crippen LogP contribution in [0.3, 0.4) is 0 Å². The van der Waals surface area contributed by atoms with Gasteiger partial charge in [0.15, 0.2) is 5.54 Å². The number of benzene rings is 1. The van der Waals surface area contributed by atoms with Crippen LogP contribution in [0.4, 0.5) is 23.7 Å². The first kappa shape index (κ1) is 20.0. The molecule has 1 unspecified atom stereocenters. The van der Waals surface area contributed by atoms with Gasteiger partial charge in [-0.2, -0.15) is 5.10 Å². The summed E-state index contributed by atoms with van der Waals surface area (Å²) in [6.07, 6.45) is 1.62. The minimum Gasteiger partial charge on any atom is -0.312 e. The normalized spacial score (nSPS) is 20.5. The predicted molar refractivity (Wildman–Crippen MR) is 104 cm³/mol. The van der Waals surface area contributed by atoms with E-state index in [2.05, 4.69) is 27.6 Å². The second-order valence-corrected chi connectivity index (χ2v) is 7.72. The highest BCUT2D eigenvalue weighted by atomic mass is 19.3. The predicted octanol–water partition coefficient (Wildman–Crippen LogP) is 3.14. The van der Waals surface area contributed by atoms with E-state index in [0.717, 1.165) is 23.6 Å². The fourth-order valence-corrected chi connectivity index (χ4v) is 3.36. The number of fused-ring (bicyclic) bond motifs is 1. The number of amides is 2. The standard InChI is InChI=1S/C21H19F3N4O2/c1-12-3-6-18(29)28(27-12)11-14-9-17-15(10-16(14)22)21(20(2,23)24,26-19(30)25-17)8-7-13-4-5-13/h3,6,9-10,13H,4-5,11H2,1-2H3,(H2,25,26,30). The van der Waals surface area contributed by atoms with Crippen molar-refractivity contribution in [2.45, 2.75) is 44.7 Å². The molecule has 2 N–H and O–H groups in total. The van der Waals surface area contributed by atoms with Crippen LogP contribution < -0.4 is 16.2 Å². The van der Waals surface area contributed by atoms with E-state index in [0.29, 0.717) is 12.6 Å². The van der Waals surface area contributed by atoms with Crippen molar-refractivity contribution in [1.29, 1.82) is 0 Å². The van der Waals surface area contributed by atoms with E-state index in [1.165, 1.54) is 18.2 Å². The molecule has 0 radical (unpaired) electrons. The number of carbonyl (C=O) groups excluding carboxylic acids is 1. The van der Waals surface area contributed by atoms with Crippen LogP contribution in [-0.2, 0) is 12.1 Å². The van der Waals surface area contributed by atoms with Gasteiger partial charge in [-0.3, -0.25) is 4.79 Å². The van der Waals surface area contributed by atoms with Crippen LogP contribution in [0, 0.1) is 30.5 Å². The molecule has 2 aliphatic rings. The first-order valence-corrected chi connectivity index (χ1v) is 9.46. The Bertz CT molecular complexity index is 1160. The lowest BCUT2D eigenvalue weighted by Gasteiger charge is -2.40. The zero-order valence-electron chi connectivity index (χ0n) is 16.4. The smallest absolute Gasteiger partial charge is 0.312 e. The zero-order chi connectivity index (χ0) is 21.7. The summed E-state index contributed by atoms with van der Waals surface area (Å²) in [5, 5.41) is 8.71. The Labute approximate surface area is 170 Å². The molecule has 0 spiro atoms. The molecule has 1 aromatic heterocycles. The van der Waals surface area contributed by atoms with Crippen molar-refractivity contribution >= 4 is 11.7 Å². The SMILES string of the molecule is Cc1ccc(=O)n(Cc2cc3c(cc2F)C(C#CC2CC2)(C(C)(F)F)NC(=O)N3)n1. The minimum atomic E-state index is -3.48. The number of nitrogens with zero attached hydrogens (tertiary/aromatic N) is 2. The Morgan fingerprint density at radius 2 is 2.03 bits per heavy atom. The third-order valence-corrected chi connectivity index (χ3v) is 5.16. The van der Waals surface area contributed by atoms with E-state index in [4.69, 9.17) is 0 Å². The van der Waals surface area contributed by atoms with E-state index in [1.807, 2.05) is 0 Å². The Hall–Kier alpha value is -3.28. The molecule has 6 nitrogen and oxygen atoms in total. The van der Waals surface area contributed by atoms with Gasteiger partial charge in [-0.05, 0) is 38.0 Å². The molecule has 30 heavy (non-hydrogen) atoms. The van der Waals surface area contributed by atoms with Gasteiger partial charge in [0.2, 0.25) is 0 Å². The van der Waals surface area contributed by atoms with E-state index >= 15 is 0 Å². The number of urea groups is 1. The molecule has 1 fully saturated rings. The number of alkyl halides is 2. The van der Waals surface area contributed by atoms with Gasteiger partial charge in [-0.25, -0.2) is 22.6 Å². The molecule has 2 heterocycles. The molecular weight excluding hydrogens is 397 g/mol. The average Bonchev–Trinajstić information content (AvgIpc) is 3.47. The maximum atomic E-state index is 15.0. The van der Waals surface area contributed by atoms with Crippen LogP contribution in [0.2, 0.25) is 0 Å². The molecule has 2 aromatic rings. The summed E-state index contributed by atoms with van der Waals surface area (Å²) < 4.78 is 45.5. The molecule has 1 aromatic carbocycles.